The lowest BCUT2D eigenvalue weighted by molar-refractivity contribution is 0.0921. The Bertz CT molecular complexity index is 921. The van der Waals surface area contributed by atoms with Crippen LogP contribution in [0.3, 0.4) is 0 Å². The Balaban J connectivity index is 1.72. The van der Waals surface area contributed by atoms with Gasteiger partial charge in [-0.1, -0.05) is 28.1 Å². The van der Waals surface area contributed by atoms with Gasteiger partial charge < -0.3 is 14.2 Å². The summed E-state index contributed by atoms with van der Waals surface area (Å²) in [4.78, 5) is 12.4. The van der Waals surface area contributed by atoms with Gasteiger partial charge in [-0.2, -0.15) is 0 Å². The van der Waals surface area contributed by atoms with E-state index in [0.29, 0.717) is 22.8 Å². The molecular formula is C20H17BrO4. The molecule has 0 aliphatic heterocycles. The number of fused-ring (bicyclic) bond motifs is 1. The molecule has 0 saturated carbocycles. The molecule has 4 nitrogen and oxygen atoms in total. The van der Waals surface area contributed by atoms with Crippen molar-refractivity contribution in [1.29, 1.82) is 0 Å². The maximum Gasteiger partial charge on any atom is 0.200 e. The molecule has 5 heteroatoms. The minimum atomic E-state index is -0.128. The maximum atomic E-state index is 12.4. The molecule has 0 spiro atoms. The van der Waals surface area contributed by atoms with E-state index in [9.17, 15) is 4.79 Å². The number of ketones is 1. The van der Waals surface area contributed by atoms with Gasteiger partial charge in [-0.15, -0.1) is 0 Å². The van der Waals surface area contributed by atoms with Crippen molar-refractivity contribution in [2.75, 3.05) is 20.8 Å². The monoisotopic (exact) mass is 400 g/mol. The zero-order valence-corrected chi connectivity index (χ0v) is 15.5. The molecule has 0 aromatic heterocycles. The number of rotatable bonds is 6. The standard InChI is InChI=1S/C20H17BrO4/c1-23-19-8-5-15(11-20(19)24-2)18(22)12-25-17-7-4-13-9-16(21)6-3-14(13)10-17/h3-11H,12H2,1-2H3. The Labute approximate surface area is 154 Å². The van der Waals surface area contributed by atoms with Gasteiger partial charge in [0.1, 0.15) is 5.75 Å². The van der Waals surface area contributed by atoms with Crippen molar-refractivity contribution in [3.8, 4) is 17.2 Å². The molecule has 0 N–H and O–H groups in total. The first kappa shape index (κ1) is 17.3. The summed E-state index contributed by atoms with van der Waals surface area (Å²) in [5.74, 6) is 1.63. The van der Waals surface area contributed by atoms with Crippen molar-refractivity contribution < 1.29 is 19.0 Å². The summed E-state index contributed by atoms with van der Waals surface area (Å²) in [5.41, 5.74) is 0.516. The van der Waals surface area contributed by atoms with Crippen LogP contribution in [0.15, 0.2) is 59.1 Å². The van der Waals surface area contributed by atoms with Crippen LogP contribution in [0.2, 0.25) is 0 Å². The Kier molecular flexibility index (Phi) is 5.24. The molecule has 3 aromatic carbocycles. The molecule has 3 rings (SSSR count). The highest BCUT2D eigenvalue weighted by molar-refractivity contribution is 9.10. The summed E-state index contributed by atoms with van der Waals surface area (Å²) >= 11 is 3.45. The molecule has 0 bridgehead atoms. The number of carbonyl (C=O) groups excluding carboxylic acids is 1. The summed E-state index contributed by atoms with van der Waals surface area (Å²) in [6, 6.07) is 16.8. The molecule has 0 heterocycles. The first-order valence-electron chi connectivity index (χ1n) is 7.68. The summed E-state index contributed by atoms with van der Waals surface area (Å²) < 4.78 is 17.1. The predicted octanol–water partition coefficient (Wildman–Crippen LogP) is 4.88. The highest BCUT2D eigenvalue weighted by atomic mass is 79.9. The quantitative estimate of drug-likeness (QED) is 0.553. The van der Waals surface area contributed by atoms with Crippen molar-refractivity contribution in [2.45, 2.75) is 0 Å². The lowest BCUT2D eigenvalue weighted by atomic mass is 10.1. The predicted molar refractivity (Wildman–Crippen MR) is 101 cm³/mol. The number of benzene rings is 3. The average Bonchev–Trinajstić information content (AvgIpc) is 2.65. The molecular weight excluding hydrogens is 384 g/mol. The molecule has 0 unspecified atom stereocenters. The number of Topliss-reactive ketones (excluding diaryl/α,β-unsaturated/α-hetero) is 1. The Hall–Kier alpha value is -2.53. The van der Waals surface area contributed by atoms with Crippen molar-refractivity contribution in [2.24, 2.45) is 0 Å². The van der Waals surface area contributed by atoms with Crippen LogP contribution in [-0.2, 0) is 0 Å². The maximum absolute atomic E-state index is 12.4. The normalized spacial score (nSPS) is 10.5. The number of halogens is 1. The summed E-state index contributed by atoms with van der Waals surface area (Å²) in [5, 5.41) is 2.16. The van der Waals surface area contributed by atoms with Gasteiger partial charge in [0.15, 0.2) is 23.9 Å². The lowest BCUT2D eigenvalue weighted by Crippen LogP contribution is -2.11. The van der Waals surface area contributed by atoms with E-state index >= 15 is 0 Å². The number of ether oxygens (including phenoxy) is 3. The van der Waals surface area contributed by atoms with E-state index in [-0.39, 0.29) is 12.4 Å². The third-order valence-corrected chi connectivity index (χ3v) is 4.34. The summed E-state index contributed by atoms with van der Waals surface area (Å²) in [6.45, 7) is -0.0441. The Morgan fingerprint density at radius 2 is 1.60 bits per heavy atom. The van der Waals surface area contributed by atoms with Crippen molar-refractivity contribution in [1.82, 2.24) is 0 Å². The van der Waals surface area contributed by atoms with Crippen LogP contribution in [-0.4, -0.2) is 26.6 Å². The van der Waals surface area contributed by atoms with Gasteiger partial charge in [-0.3, -0.25) is 4.79 Å². The van der Waals surface area contributed by atoms with E-state index in [0.717, 1.165) is 15.2 Å². The smallest absolute Gasteiger partial charge is 0.200 e. The first-order valence-corrected chi connectivity index (χ1v) is 8.47. The molecule has 128 valence electrons. The van der Waals surface area contributed by atoms with Crippen LogP contribution in [0.25, 0.3) is 10.8 Å². The number of methoxy groups -OCH3 is 2. The number of hydrogen-bond donors (Lipinski definition) is 0. The second-order valence-electron chi connectivity index (χ2n) is 5.43. The highest BCUT2D eigenvalue weighted by Gasteiger charge is 2.11. The SMILES string of the molecule is COc1ccc(C(=O)COc2ccc3cc(Br)ccc3c2)cc1OC. The summed E-state index contributed by atoms with van der Waals surface area (Å²) in [6.07, 6.45) is 0. The highest BCUT2D eigenvalue weighted by Crippen LogP contribution is 2.28. The fourth-order valence-electron chi connectivity index (χ4n) is 2.53. The summed E-state index contributed by atoms with van der Waals surface area (Å²) in [7, 11) is 3.09. The van der Waals surface area contributed by atoms with E-state index in [1.807, 2.05) is 36.4 Å². The van der Waals surface area contributed by atoms with E-state index in [1.54, 1.807) is 25.3 Å². The minimum absolute atomic E-state index is 0.0441. The molecule has 0 aliphatic carbocycles. The van der Waals surface area contributed by atoms with Gasteiger partial charge in [0.25, 0.3) is 0 Å². The molecule has 3 aromatic rings. The van der Waals surface area contributed by atoms with Crippen LogP contribution in [0.4, 0.5) is 0 Å². The van der Waals surface area contributed by atoms with Crippen LogP contribution in [0.5, 0.6) is 17.2 Å². The van der Waals surface area contributed by atoms with E-state index in [4.69, 9.17) is 14.2 Å². The van der Waals surface area contributed by atoms with Gasteiger partial charge in [0.2, 0.25) is 0 Å². The molecule has 0 saturated heterocycles. The second kappa shape index (κ2) is 7.57. The Morgan fingerprint density at radius 3 is 2.36 bits per heavy atom. The van der Waals surface area contributed by atoms with Crippen molar-refractivity contribution in [3.05, 3.63) is 64.6 Å². The van der Waals surface area contributed by atoms with Crippen LogP contribution in [0, 0.1) is 0 Å². The van der Waals surface area contributed by atoms with Gasteiger partial charge in [-0.05, 0) is 53.2 Å². The number of carbonyl (C=O) groups is 1. The van der Waals surface area contributed by atoms with Gasteiger partial charge in [0, 0.05) is 10.0 Å². The van der Waals surface area contributed by atoms with Gasteiger partial charge in [-0.25, -0.2) is 0 Å². The molecule has 25 heavy (non-hydrogen) atoms. The van der Waals surface area contributed by atoms with Crippen LogP contribution < -0.4 is 14.2 Å². The molecule has 0 atom stereocenters. The topological polar surface area (TPSA) is 44.8 Å². The minimum Gasteiger partial charge on any atom is -0.493 e. The van der Waals surface area contributed by atoms with Gasteiger partial charge in [0.05, 0.1) is 14.2 Å². The third-order valence-electron chi connectivity index (χ3n) is 3.85. The molecule has 0 amide bonds. The fourth-order valence-corrected chi connectivity index (χ4v) is 2.91. The van der Waals surface area contributed by atoms with E-state index < -0.39 is 0 Å². The largest absolute Gasteiger partial charge is 0.493 e. The number of hydrogen-bond acceptors (Lipinski definition) is 4. The molecule has 0 radical (unpaired) electrons. The fraction of sp³-hybridized carbons (Fsp3) is 0.150. The molecule has 0 fully saturated rings. The zero-order valence-electron chi connectivity index (χ0n) is 13.9. The molecule has 0 aliphatic rings. The van der Waals surface area contributed by atoms with Crippen LogP contribution in [0.1, 0.15) is 10.4 Å². The van der Waals surface area contributed by atoms with Gasteiger partial charge >= 0.3 is 0 Å². The Morgan fingerprint density at radius 1 is 0.880 bits per heavy atom. The van der Waals surface area contributed by atoms with Crippen molar-refractivity contribution in [3.63, 3.8) is 0 Å². The van der Waals surface area contributed by atoms with Crippen molar-refractivity contribution >= 4 is 32.5 Å². The average molecular weight is 401 g/mol. The zero-order chi connectivity index (χ0) is 17.8. The van der Waals surface area contributed by atoms with E-state index in [2.05, 4.69) is 15.9 Å². The van der Waals surface area contributed by atoms with Crippen LogP contribution >= 0.6 is 15.9 Å². The lowest BCUT2D eigenvalue weighted by Gasteiger charge is -2.10. The second-order valence-corrected chi connectivity index (χ2v) is 6.35. The van der Waals surface area contributed by atoms with E-state index in [1.165, 1.54) is 7.11 Å². The first-order chi connectivity index (χ1) is 12.1. The third kappa shape index (κ3) is 3.94.